The SMILES string of the molecule is CCOC(=O)c1ccc([N+](=O)[O-])c(CCC(=O)OC)c1. The van der Waals surface area contributed by atoms with Gasteiger partial charge in [0, 0.05) is 18.1 Å². The maximum atomic E-state index is 11.6. The molecule has 0 aliphatic rings. The molecule has 1 rings (SSSR count). The summed E-state index contributed by atoms with van der Waals surface area (Å²) in [5.41, 5.74) is 0.380. The van der Waals surface area contributed by atoms with Crippen molar-refractivity contribution in [1.29, 1.82) is 0 Å². The van der Waals surface area contributed by atoms with Crippen LogP contribution < -0.4 is 0 Å². The molecule has 1 aromatic rings. The molecule has 0 atom stereocenters. The maximum absolute atomic E-state index is 11.6. The van der Waals surface area contributed by atoms with E-state index in [1.54, 1.807) is 6.92 Å². The van der Waals surface area contributed by atoms with E-state index < -0.39 is 16.9 Å². The van der Waals surface area contributed by atoms with E-state index in [2.05, 4.69) is 4.74 Å². The Hall–Kier alpha value is -2.44. The van der Waals surface area contributed by atoms with E-state index >= 15 is 0 Å². The van der Waals surface area contributed by atoms with Gasteiger partial charge in [-0.15, -0.1) is 0 Å². The second kappa shape index (κ2) is 7.22. The fraction of sp³-hybridized carbons (Fsp3) is 0.385. The first-order valence-electron chi connectivity index (χ1n) is 6.00. The number of nitrogens with zero attached hydrogens (tertiary/aromatic N) is 1. The minimum Gasteiger partial charge on any atom is -0.469 e. The molecule has 0 aromatic heterocycles. The lowest BCUT2D eigenvalue weighted by molar-refractivity contribution is -0.385. The quantitative estimate of drug-likeness (QED) is 0.448. The smallest absolute Gasteiger partial charge is 0.338 e. The van der Waals surface area contributed by atoms with Crippen molar-refractivity contribution < 1.29 is 24.0 Å². The number of carbonyl (C=O) groups is 2. The van der Waals surface area contributed by atoms with Crippen LogP contribution in [0.1, 0.15) is 29.3 Å². The molecule has 20 heavy (non-hydrogen) atoms. The van der Waals surface area contributed by atoms with Gasteiger partial charge in [-0.3, -0.25) is 14.9 Å². The van der Waals surface area contributed by atoms with Gasteiger partial charge in [-0.2, -0.15) is 0 Å². The van der Waals surface area contributed by atoms with Gasteiger partial charge in [0.25, 0.3) is 5.69 Å². The molecule has 7 nitrogen and oxygen atoms in total. The van der Waals surface area contributed by atoms with Gasteiger partial charge in [0.05, 0.1) is 24.2 Å². The molecule has 0 aliphatic carbocycles. The number of esters is 2. The van der Waals surface area contributed by atoms with Crippen LogP contribution in [0.4, 0.5) is 5.69 Å². The maximum Gasteiger partial charge on any atom is 0.338 e. The normalized spacial score (nSPS) is 9.90. The molecule has 0 spiro atoms. The van der Waals surface area contributed by atoms with E-state index in [9.17, 15) is 19.7 Å². The van der Waals surface area contributed by atoms with Crippen LogP contribution in [-0.2, 0) is 20.7 Å². The molecule has 0 amide bonds. The van der Waals surface area contributed by atoms with Crippen LogP contribution in [0.5, 0.6) is 0 Å². The zero-order valence-corrected chi connectivity index (χ0v) is 11.3. The Kier molecular flexibility index (Phi) is 5.64. The number of ether oxygens (including phenoxy) is 2. The highest BCUT2D eigenvalue weighted by atomic mass is 16.6. The van der Waals surface area contributed by atoms with Gasteiger partial charge in [-0.1, -0.05) is 0 Å². The second-order valence-electron chi connectivity index (χ2n) is 3.90. The molecular formula is C13H15NO6. The zero-order chi connectivity index (χ0) is 15.1. The lowest BCUT2D eigenvalue weighted by atomic mass is 10.0. The highest BCUT2D eigenvalue weighted by Crippen LogP contribution is 2.22. The number of aryl methyl sites for hydroxylation is 1. The number of hydrogen-bond donors (Lipinski definition) is 0. The largest absolute Gasteiger partial charge is 0.469 e. The molecule has 0 fully saturated rings. The van der Waals surface area contributed by atoms with Gasteiger partial charge < -0.3 is 9.47 Å². The van der Waals surface area contributed by atoms with Gasteiger partial charge in [-0.05, 0) is 25.5 Å². The van der Waals surface area contributed by atoms with Crippen molar-refractivity contribution in [2.75, 3.05) is 13.7 Å². The van der Waals surface area contributed by atoms with Crippen LogP contribution in [0.15, 0.2) is 18.2 Å². The Morgan fingerprint density at radius 3 is 2.60 bits per heavy atom. The number of methoxy groups -OCH3 is 1. The van der Waals surface area contributed by atoms with E-state index in [0.717, 1.165) is 0 Å². The Balaban J connectivity index is 3.02. The van der Waals surface area contributed by atoms with Crippen LogP contribution in [-0.4, -0.2) is 30.6 Å². The van der Waals surface area contributed by atoms with Crippen LogP contribution >= 0.6 is 0 Å². The van der Waals surface area contributed by atoms with Gasteiger partial charge >= 0.3 is 11.9 Å². The predicted octanol–water partition coefficient (Wildman–Crippen LogP) is 1.88. The number of benzene rings is 1. The first-order chi connectivity index (χ1) is 9.49. The van der Waals surface area contributed by atoms with Gasteiger partial charge in [-0.25, -0.2) is 4.79 Å². The summed E-state index contributed by atoms with van der Waals surface area (Å²) in [4.78, 5) is 33.1. The van der Waals surface area contributed by atoms with Crippen molar-refractivity contribution in [3.8, 4) is 0 Å². The summed E-state index contributed by atoms with van der Waals surface area (Å²) in [6, 6.07) is 3.94. The molecule has 0 radical (unpaired) electrons. The molecule has 0 aliphatic heterocycles. The Bertz CT molecular complexity index is 526. The number of hydrogen-bond acceptors (Lipinski definition) is 6. The number of nitro benzene ring substituents is 1. The minimum absolute atomic E-state index is 0.00359. The molecule has 7 heteroatoms. The number of carbonyl (C=O) groups excluding carboxylic acids is 2. The summed E-state index contributed by atoms with van der Waals surface area (Å²) in [5, 5.41) is 10.9. The van der Waals surface area contributed by atoms with Crippen molar-refractivity contribution >= 4 is 17.6 Å². The molecular weight excluding hydrogens is 266 g/mol. The first-order valence-corrected chi connectivity index (χ1v) is 6.00. The summed E-state index contributed by atoms with van der Waals surface area (Å²) in [6.45, 7) is 1.88. The summed E-state index contributed by atoms with van der Waals surface area (Å²) < 4.78 is 9.32. The van der Waals surface area contributed by atoms with Crippen molar-refractivity contribution in [2.45, 2.75) is 19.8 Å². The molecule has 0 saturated carbocycles. The van der Waals surface area contributed by atoms with Gasteiger partial charge in [0.2, 0.25) is 0 Å². The van der Waals surface area contributed by atoms with E-state index in [0.29, 0.717) is 5.56 Å². The van der Waals surface area contributed by atoms with Crippen molar-refractivity contribution in [3.05, 3.63) is 39.4 Å². The first kappa shape index (κ1) is 15.6. The van der Waals surface area contributed by atoms with E-state index in [1.165, 1.54) is 25.3 Å². The standard InChI is InChI=1S/C13H15NO6/c1-3-20-13(16)10-4-6-11(14(17)18)9(8-10)5-7-12(15)19-2/h4,6,8H,3,5,7H2,1-2H3. The van der Waals surface area contributed by atoms with E-state index in [4.69, 9.17) is 4.74 Å². The fourth-order valence-corrected chi connectivity index (χ4v) is 1.64. The van der Waals surface area contributed by atoms with E-state index in [-0.39, 0.29) is 30.7 Å². The summed E-state index contributed by atoms with van der Waals surface area (Å²) in [7, 11) is 1.24. The minimum atomic E-state index is -0.554. The highest BCUT2D eigenvalue weighted by molar-refractivity contribution is 5.90. The molecule has 0 N–H and O–H groups in total. The lowest BCUT2D eigenvalue weighted by Crippen LogP contribution is -2.08. The lowest BCUT2D eigenvalue weighted by Gasteiger charge is -2.06. The molecule has 108 valence electrons. The second-order valence-corrected chi connectivity index (χ2v) is 3.90. The van der Waals surface area contributed by atoms with Gasteiger partial charge in [0.1, 0.15) is 0 Å². The molecule has 0 unspecified atom stereocenters. The fourth-order valence-electron chi connectivity index (χ4n) is 1.64. The molecule has 0 saturated heterocycles. The third-order valence-electron chi connectivity index (χ3n) is 2.61. The van der Waals surface area contributed by atoms with Gasteiger partial charge in [0.15, 0.2) is 0 Å². The number of nitro groups is 1. The Morgan fingerprint density at radius 1 is 1.35 bits per heavy atom. The van der Waals surface area contributed by atoms with Crippen molar-refractivity contribution in [1.82, 2.24) is 0 Å². The third-order valence-corrected chi connectivity index (χ3v) is 2.61. The van der Waals surface area contributed by atoms with Crippen LogP contribution in [0.2, 0.25) is 0 Å². The predicted molar refractivity (Wildman–Crippen MR) is 69.4 cm³/mol. The van der Waals surface area contributed by atoms with Crippen LogP contribution in [0.25, 0.3) is 0 Å². The Morgan fingerprint density at radius 2 is 2.05 bits per heavy atom. The molecule has 0 heterocycles. The van der Waals surface area contributed by atoms with Crippen LogP contribution in [0.3, 0.4) is 0 Å². The highest BCUT2D eigenvalue weighted by Gasteiger charge is 2.18. The summed E-state index contributed by atoms with van der Waals surface area (Å²) in [6.07, 6.45) is 0.125. The van der Waals surface area contributed by atoms with Crippen molar-refractivity contribution in [2.24, 2.45) is 0 Å². The average Bonchev–Trinajstić information content (AvgIpc) is 2.44. The van der Waals surface area contributed by atoms with Crippen molar-refractivity contribution in [3.63, 3.8) is 0 Å². The Labute approximate surface area is 115 Å². The summed E-state index contributed by atoms with van der Waals surface area (Å²) in [5.74, 6) is -1.03. The van der Waals surface area contributed by atoms with Crippen LogP contribution in [0, 0.1) is 10.1 Å². The zero-order valence-electron chi connectivity index (χ0n) is 11.3. The third kappa shape index (κ3) is 4.04. The monoisotopic (exact) mass is 281 g/mol. The molecule has 0 bridgehead atoms. The summed E-state index contributed by atoms with van der Waals surface area (Å²) >= 11 is 0. The number of rotatable bonds is 6. The van der Waals surface area contributed by atoms with E-state index in [1.807, 2.05) is 0 Å². The topological polar surface area (TPSA) is 95.7 Å². The average molecular weight is 281 g/mol. The molecule has 1 aromatic carbocycles.